The summed E-state index contributed by atoms with van der Waals surface area (Å²) in [5.41, 5.74) is 1.96. The van der Waals surface area contributed by atoms with Gasteiger partial charge in [-0.3, -0.25) is 4.99 Å². The van der Waals surface area contributed by atoms with Crippen molar-refractivity contribution in [3.63, 3.8) is 0 Å². The molecule has 1 fully saturated rings. The van der Waals surface area contributed by atoms with Gasteiger partial charge in [-0.15, -0.1) is 0 Å². The lowest BCUT2D eigenvalue weighted by molar-refractivity contribution is 0.143. The maximum Gasteiger partial charge on any atom is 0.218 e. The molecule has 6 nitrogen and oxygen atoms in total. The van der Waals surface area contributed by atoms with Crippen LogP contribution in [0.1, 0.15) is 24.0 Å². The topological polar surface area (TPSA) is 67.8 Å². The third kappa shape index (κ3) is 5.19. The lowest BCUT2D eigenvalue weighted by Crippen LogP contribution is -2.41. The Morgan fingerprint density at radius 2 is 2.07 bits per heavy atom. The third-order valence-electron chi connectivity index (χ3n) is 4.93. The summed E-state index contributed by atoms with van der Waals surface area (Å²) in [6.45, 7) is 2.20. The number of nitrogens with one attached hydrogen (secondary N) is 2. The summed E-state index contributed by atoms with van der Waals surface area (Å²) < 4.78 is 24.2. The van der Waals surface area contributed by atoms with Gasteiger partial charge < -0.3 is 20.1 Å². The van der Waals surface area contributed by atoms with Crippen LogP contribution in [-0.4, -0.2) is 44.9 Å². The zero-order valence-corrected chi connectivity index (χ0v) is 16.4. The normalized spacial score (nSPS) is 15.2. The Hall–Kier alpha value is -2.67. The van der Waals surface area contributed by atoms with Gasteiger partial charge >= 0.3 is 0 Å². The minimum Gasteiger partial charge on any atom is -0.475 e. The Morgan fingerprint density at radius 3 is 2.79 bits per heavy atom. The van der Waals surface area contributed by atoms with Gasteiger partial charge in [0, 0.05) is 44.4 Å². The van der Waals surface area contributed by atoms with E-state index < -0.39 is 0 Å². The molecule has 0 aliphatic heterocycles. The highest BCUT2D eigenvalue weighted by molar-refractivity contribution is 5.79. The van der Waals surface area contributed by atoms with Crippen LogP contribution in [-0.2, 0) is 16.7 Å². The number of halogens is 1. The number of rotatable bonds is 9. The van der Waals surface area contributed by atoms with E-state index in [2.05, 4.69) is 20.6 Å². The number of hydrogen-bond donors (Lipinski definition) is 2. The lowest BCUT2D eigenvalue weighted by Gasteiger charge is -2.19. The average molecular weight is 386 g/mol. The number of ether oxygens (including phenoxy) is 2. The van der Waals surface area contributed by atoms with Crippen molar-refractivity contribution in [3.8, 4) is 5.88 Å². The van der Waals surface area contributed by atoms with Crippen molar-refractivity contribution in [2.24, 2.45) is 4.99 Å². The predicted octanol–water partition coefficient (Wildman–Crippen LogP) is 2.64. The van der Waals surface area contributed by atoms with E-state index in [4.69, 9.17) is 9.47 Å². The van der Waals surface area contributed by atoms with Gasteiger partial charge in [-0.1, -0.05) is 18.2 Å². The van der Waals surface area contributed by atoms with Crippen LogP contribution in [0.3, 0.4) is 0 Å². The van der Waals surface area contributed by atoms with Crippen molar-refractivity contribution >= 4 is 5.96 Å². The van der Waals surface area contributed by atoms with E-state index in [-0.39, 0.29) is 11.2 Å². The molecular weight excluding hydrogens is 359 g/mol. The Bertz CT molecular complexity index is 808. The average Bonchev–Trinajstić information content (AvgIpc) is 3.50. The fourth-order valence-electron chi connectivity index (χ4n) is 3.10. The smallest absolute Gasteiger partial charge is 0.218 e. The summed E-state index contributed by atoms with van der Waals surface area (Å²) >= 11 is 0. The molecule has 1 aromatic heterocycles. The van der Waals surface area contributed by atoms with Crippen molar-refractivity contribution < 1.29 is 13.9 Å². The summed E-state index contributed by atoms with van der Waals surface area (Å²) in [5, 5.41) is 6.66. The van der Waals surface area contributed by atoms with Crippen LogP contribution in [0.5, 0.6) is 5.88 Å². The van der Waals surface area contributed by atoms with Gasteiger partial charge in [-0.05, 0) is 36.6 Å². The second kappa shape index (κ2) is 9.50. The highest BCUT2D eigenvalue weighted by Crippen LogP contribution is 2.47. The molecule has 0 atom stereocenters. The molecule has 7 heteroatoms. The first-order valence-electron chi connectivity index (χ1n) is 9.43. The van der Waals surface area contributed by atoms with Crippen molar-refractivity contribution in [1.82, 2.24) is 15.6 Å². The molecule has 1 aliphatic rings. The van der Waals surface area contributed by atoms with Crippen molar-refractivity contribution in [3.05, 3.63) is 59.5 Å². The summed E-state index contributed by atoms with van der Waals surface area (Å²) in [5.74, 6) is 1.08. The van der Waals surface area contributed by atoms with Gasteiger partial charge in [-0.25, -0.2) is 9.37 Å². The highest BCUT2D eigenvalue weighted by Gasteiger charge is 2.44. The monoisotopic (exact) mass is 386 g/mol. The van der Waals surface area contributed by atoms with Crippen LogP contribution in [0.4, 0.5) is 4.39 Å². The van der Waals surface area contributed by atoms with Crippen LogP contribution in [0.2, 0.25) is 0 Å². The molecule has 2 N–H and O–H groups in total. The number of aliphatic imine (C=N–C) groups is 1. The minimum atomic E-state index is -0.191. The van der Waals surface area contributed by atoms with E-state index >= 15 is 0 Å². The van der Waals surface area contributed by atoms with E-state index in [0.29, 0.717) is 38.1 Å². The Morgan fingerprint density at radius 1 is 1.21 bits per heavy atom. The number of guanidine groups is 1. The second-order valence-electron chi connectivity index (χ2n) is 6.88. The number of pyridine rings is 1. The van der Waals surface area contributed by atoms with Crippen LogP contribution >= 0.6 is 0 Å². The van der Waals surface area contributed by atoms with Gasteiger partial charge in [-0.2, -0.15) is 0 Å². The minimum absolute atomic E-state index is 0.0115. The molecule has 3 rings (SSSR count). The SMILES string of the molecule is CN=C(NCc1cccnc1OCCOC)NCC1(c2cccc(F)c2)CC1. The Kier molecular flexibility index (Phi) is 6.81. The molecule has 1 heterocycles. The maximum atomic E-state index is 13.6. The zero-order chi connectivity index (χ0) is 19.8. The van der Waals surface area contributed by atoms with Crippen LogP contribution < -0.4 is 15.4 Å². The van der Waals surface area contributed by atoms with Crippen molar-refractivity contribution in [1.29, 1.82) is 0 Å². The molecule has 0 unspecified atom stereocenters. The van der Waals surface area contributed by atoms with Gasteiger partial charge in [0.1, 0.15) is 12.4 Å². The lowest BCUT2D eigenvalue weighted by atomic mass is 9.96. The van der Waals surface area contributed by atoms with E-state index in [1.165, 1.54) is 6.07 Å². The summed E-state index contributed by atoms with van der Waals surface area (Å²) in [4.78, 5) is 8.57. The molecule has 0 radical (unpaired) electrons. The number of hydrogen-bond acceptors (Lipinski definition) is 4. The molecule has 1 aliphatic carbocycles. The molecule has 1 saturated carbocycles. The zero-order valence-electron chi connectivity index (χ0n) is 16.4. The van der Waals surface area contributed by atoms with Gasteiger partial charge in [0.15, 0.2) is 5.96 Å². The summed E-state index contributed by atoms with van der Waals surface area (Å²) in [6.07, 6.45) is 3.79. The van der Waals surface area contributed by atoms with Gasteiger partial charge in [0.25, 0.3) is 0 Å². The quantitative estimate of drug-likeness (QED) is 0.394. The fraction of sp³-hybridized carbons (Fsp3) is 0.429. The van der Waals surface area contributed by atoms with Gasteiger partial charge in [0.2, 0.25) is 5.88 Å². The Balaban J connectivity index is 1.55. The second-order valence-corrected chi connectivity index (χ2v) is 6.88. The fourth-order valence-corrected chi connectivity index (χ4v) is 3.10. The van der Waals surface area contributed by atoms with Crippen molar-refractivity contribution in [2.75, 3.05) is 33.9 Å². The molecule has 0 bridgehead atoms. The van der Waals surface area contributed by atoms with Gasteiger partial charge in [0.05, 0.1) is 6.61 Å². The molecule has 0 saturated heterocycles. The van der Waals surface area contributed by atoms with Crippen LogP contribution in [0.25, 0.3) is 0 Å². The van der Waals surface area contributed by atoms with E-state index in [1.807, 2.05) is 18.2 Å². The summed E-state index contributed by atoms with van der Waals surface area (Å²) in [7, 11) is 3.37. The maximum absolute atomic E-state index is 13.6. The highest BCUT2D eigenvalue weighted by atomic mass is 19.1. The largest absolute Gasteiger partial charge is 0.475 e. The number of methoxy groups -OCH3 is 1. The number of benzene rings is 1. The van der Waals surface area contributed by atoms with Crippen LogP contribution in [0, 0.1) is 5.82 Å². The molecule has 28 heavy (non-hydrogen) atoms. The number of nitrogens with zero attached hydrogens (tertiary/aromatic N) is 2. The predicted molar refractivity (Wildman–Crippen MR) is 107 cm³/mol. The van der Waals surface area contributed by atoms with E-state index in [1.54, 1.807) is 32.5 Å². The molecular formula is C21H27FN4O2. The number of aromatic nitrogens is 1. The van der Waals surface area contributed by atoms with Crippen molar-refractivity contribution in [2.45, 2.75) is 24.8 Å². The standard InChI is InChI=1S/C21H27FN4O2/c1-23-20(25-14-16-5-4-10-24-19(16)28-12-11-27-2)26-15-21(8-9-21)17-6-3-7-18(22)13-17/h3-7,10,13H,8-9,11-12,14-15H2,1-2H3,(H2,23,25,26). The molecule has 1 aromatic carbocycles. The molecule has 0 amide bonds. The third-order valence-corrected chi connectivity index (χ3v) is 4.93. The summed E-state index contributed by atoms with van der Waals surface area (Å²) in [6, 6.07) is 10.7. The Labute approximate surface area is 165 Å². The first kappa shape index (κ1) is 20.1. The van der Waals surface area contributed by atoms with E-state index in [9.17, 15) is 4.39 Å². The molecule has 150 valence electrons. The first-order valence-corrected chi connectivity index (χ1v) is 9.43. The van der Waals surface area contributed by atoms with E-state index in [0.717, 1.165) is 24.0 Å². The van der Waals surface area contributed by atoms with Crippen LogP contribution in [0.15, 0.2) is 47.6 Å². The molecule has 0 spiro atoms. The first-order chi connectivity index (χ1) is 13.7. The molecule has 2 aromatic rings.